The highest BCUT2D eigenvalue weighted by Crippen LogP contribution is 2.26. The number of nitriles is 1. The first-order chi connectivity index (χ1) is 16.8. The van der Waals surface area contributed by atoms with E-state index >= 15 is 0 Å². The molecule has 35 heavy (non-hydrogen) atoms. The molecule has 7 nitrogen and oxygen atoms in total. The van der Waals surface area contributed by atoms with Crippen LogP contribution in [0, 0.1) is 18.3 Å². The lowest BCUT2D eigenvalue weighted by Crippen LogP contribution is -2.36. The van der Waals surface area contributed by atoms with Gasteiger partial charge in [0.25, 0.3) is 5.91 Å². The molecule has 5 rings (SSSR count). The lowest BCUT2D eigenvalue weighted by molar-refractivity contribution is 0.102. The Balaban J connectivity index is 1.37. The second-order valence-electron chi connectivity index (χ2n) is 9.28. The number of rotatable bonds is 5. The van der Waals surface area contributed by atoms with Crippen molar-refractivity contribution < 1.29 is 4.79 Å². The van der Waals surface area contributed by atoms with Crippen molar-refractivity contribution in [2.75, 3.05) is 5.32 Å². The third kappa shape index (κ3) is 4.34. The number of aromatic nitrogens is 2. The Hall–Kier alpha value is -4.57. The third-order valence-electron chi connectivity index (χ3n) is 6.35. The average molecular weight is 463 g/mol. The molecule has 3 heterocycles. The summed E-state index contributed by atoms with van der Waals surface area (Å²) in [5.41, 5.74) is 6.34. The number of dihydropyridines is 1. The van der Waals surface area contributed by atoms with Gasteiger partial charge in [0.2, 0.25) is 0 Å². The monoisotopic (exact) mass is 462 g/mol. The summed E-state index contributed by atoms with van der Waals surface area (Å²) < 4.78 is 1.96. The molecular formula is C28H26N6O. The van der Waals surface area contributed by atoms with E-state index in [1.807, 2.05) is 68.2 Å². The van der Waals surface area contributed by atoms with Crippen molar-refractivity contribution >= 4 is 17.2 Å². The van der Waals surface area contributed by atoms with Crippen LogP contribution in [0.15, 0.2) is 85.1 Å². The summed E-state index contributed by atoms with van der Waals surface area (Å²) in [6, 6.07) is 15.3. The molecule has 0 fully saturated rings. The van der Waals surface area contributed by atoms with Crippen LogP contribution in [-0.4, -0.2) is 21.6 Å². The highest BCUT2D eigenvalue weighted by Gasteiger charge is 2.21. The molecule has 0 spiro atoms. The summed E-state index contributed by atoms with van der Waals surface area (Å²) in [6.07, 6.45) is 12.0. The van der Waals surface area contributed by atoms with Gasteiger partial charge in [-0.2, -0.15) is 5.26 Å². The number of benzene rings is 2. The maximum atomic E-state index is 13.0. The Morgan fingerprint density at radius 2 is 2.06 bits per heavy atom. The number of nitrogens with one attached hydrogen (secondary N) is 3. The molecule has 2 aromatic carbocycles. The van der Waals surface area contributed by atoms with Gasteiger partial charge in [-0.1, -0.05) is 18.2 Å². The summed E-state index contributed by atoms with van der Waals surface area (Å²) in [5.74, 6) is -0.223. The molecule has 0 radical (unpaired) electrons. The molecule has 7 heteroatoms. The van der Waals surface area contributed by atoms with E-state index in [0.717, 1.165) is 28.1 Å². The zero-order valence-corrected chi connectivity index (χ0v) is 19.8. The zero-order chi connectivity index (χ0) is 24.6. The topological polar surface area (TPSA) is 94.8 Å². The normalized spacial score (nSPS) is 16.3. The van der Waals surface area contributed by atoms with E-state index in [1.54, 1.807) is 24.5 Å². The first-order valence-corrected chi connectivity index (χ1v) is 11.4. The number of fused-ring (bicyclic) bond motifs is 1. The van der Waals surface area contributed by atoms with E-state index in [9.17, 15) is 10.1 Å². The summed E-state index contributed by atoms with van der Waals surface area (Å²) in [7, 11) is 0. The summed E-state index contributed by atoms with van der Waals surface area (Å²) >= 11 is 0. The van der Waals surface area contributed by atoms with Crippen molar-refractivity contribution in [1.82, 2.24) is 20.2 Å². The van der Waals surface area contributed by atoms with Gasteiger partial charge < -0.3 is 20.5 Å². The fourth-order valence-electron chi connectivity index (χ4n) is 4.14. The van der Waals surface area contributed by atoms with Gasteiger partial charge in [-0.25, -0.2) is 4.98 Å². The van der Waals surface area contributed by atoms with E-state index < -0.39 is 5.41 Å². The number of hydrogen-bond acceptors (Lipinski definition) is 5. The van der Waals surface area contributed by atoms with Crippen LogP contribution < -0.4 is 16.0 Å². The molecule has 2 aliphatic heterocycles. The molecule has 1 atom stereocenters. The SMILES string of the molecule is Cc1ccc(NC(=O)c2cccc(C(C)(C)C#N)c2)cc1-n1cnc(C2=CNC3NC=CC3=C2)c1. The van der Waals surface area contributed by atoms with Gasteiger partial charge in [-0.3, -0.25) is 4.79 Å². The Morgan fingerprint density at radius 1 is 1.20 bits per heavy atom. The molecule has 0 saturated carbocycles. The maximum Gasteiger partial charge on any atom is 0.255 e. The van der Waals surface area contributed by atoms with Gasteiger partial charge in [-0.15, -0.1) is 0 Å². The van der Waals surface area contributed by atoms with Crippen LogP contribution in [0.5, 0.6) is 0 Å². The van der Waals surface area contributed by atoms with Crippen LogP contribution in [0.4, 0.5) is 5.69 Å². The van der Waals surface area contributed by atoms with Crippen molar-refractivity contribution in [2.24, 2.45) is 0 Å². The van der Waals surface area contributed by atoms with Crippen LogP contribution in [0.2, 0.25) is 0 Å². The largest absolute Gasteiger partial charge is 0.368 e. The second-order valence-corrected chi connectivity index (χ2v) is 9.28. The molecule has 2 aliphatic rings. The molecule has 0 bridgehead atoms. The fourth-order valence-corrected chi connectivity index (χ4v) is 4.14. The van der Waals surface area contributed by atoms with E-state index in [4.69, 9.17) is 0 Å². The lowest BCUT2D eigenvalue weighted by Gasteiger charge is -2.19. The van der Waals surface area contributed by atoms with Gasteiger partial charge in [0.15, 0.2) is 0 Å². The van der Waals surface area contributed by atoms with Gasteiger partial charge >= 0.3 is 0 Å². The predicted octanol–water partition coefficient (Wildman–Crippen LogP) is 4.55. The molecule has 3 N–H and O–H groups in total. The minimum absolute atomic E-state index is 0.120. The first-order valence-electron chi connectivity index (χ1n) is 11.4. The Bertz CT molecular complexity index is 1450. The van der Waals surface area contributed by atoms with Gasteiger partial charge in [-0.05, 0) is 80.1 Å². The zero-order valence-electron chi connectivity index (χ0n) is 19.8. The molecular weight excluding hydrogens is 436 g/mol. The number of aryl methyl sites for hydroxylation is 1. The smallest absolute Gasteiger partial charge is 0.255 e. The molecule has 0 aliphatic carbocycles. The van der Waals surface area contributed by atoms with E-state index in [0.29, 0.717) is 11.3 Å². The van der Waals surface area contributed by atoms with Crippen LogP contribution >= 0.6 is 0 Å². The van der Waals surface area contributed by atoms with Gasteiger partial charge in [0, 0.05) is 29.2 Å². The molecule has 1 unspecified atom stereocenters. The quantitative estimate of drug-likeness (QED) is 0.517. The molecule has 1 amide bonds. The Morgan fingerprint density at radius 3 is 2.89 bits per heavy atom. The number of anilines is 1. The maximum absolute atomic E-state index is 13.0. The molecule has 0 saturated heterocycles. The number of hydrogen-bond donors (Lipinski definition) is 3. The molecule has 3 aromatic rings. The minimum Gasteiger partial charge on any atom is -0.368 e. The predicted molar refractivity (Wildman–Crippen MR) is 137 cm³/mol. The molecule has 174 valence electrons. The number of allylic oxidation sites excluding steroid dienone is 2. The third-order valence-corrected chi connectivity index (χ3v) is 6.35. The van der Waals surface area contributed by atoms with Crippen LogP contribution in [0.3, 0.4) is 0 Å². The van der Waals surface area contributed by atoms with Crippen LogP contribution in [0.25, 0.3) is 11.3 Å². The van der Waals surface area contributed by atoms with E-state index in [2.05, 4.69) is 39.2 Å². The summed E-state index contributed by atoms with van der Waals surface area (Å²) in [6.45, 7) is 5.70. The standard InChI is InChI=1S/C28H26N6O/c1-18-7-8-23(33-27(35)20-5-4-6-22(12-20)28(2,3)16-29)13-25(18)34-15-24(32-17-34)21-11-19-9-10-30-26(19)31-14-21/h4-15,17,26,30-31H,1-3H3,(H,33,35). The first kappa shape index (κ1) is 22.2. The van der Waals surface area contributed by atoms with E-state index in [-0.39, 0.29) is 12.1 Å². The summed E-state index contributed by atoms with van der Waals surface area (Å²) in [4.78, 5) is 17.6. The van der Waals surface area contributed by atoms with Gasteiger partial charge in [0.1, 0.15) is 6.17 Å². The van der Waals surface area contributed by atoms with Crippen LogP contribution in [-0.2, 0) is 5.41 Å². The molecule has 1 aromatic heterocycles. The lowest BCUT2D eigenvalue weighted by atomic mass is 9.85. The highest BCUT2D eigenvalue weighted by molar-refractivity contribution is 6.04. The second kappa shape index (κ2) is 8.65. The number of amides is 1. The number of carbonyl (C=O) groups excluding carboxylic acids is 1. The van der Waals surface area contributed by atoms with Crippen molar-refractivity contribution in [3.05, 3.63) is 107 Å². The van der Waals surface area contributed by atoms with Crippen molar-refractivity contribution in [3.63, 3.8) is 0 Å². The minimum atomic E-state index is -0.669. The summed E-state index contributed by atoms with van der Waals surface area (Å²) in [5, 5.41) is 19.0. The number of imidazole rings is 1. The Labute approximate surface area is 204 Å². The number of carbonyl (C=O) groups is 1. The fraction of sp³-hybridized carbons (Fsp3) is 0.179. The average Bonchev–Trinajstić information content (AvgIpc) is 3.54. The van der Waals surface area contributed by atoms with Gasteiger partial charge in [0.05, 0.1) is 29.2 Å². The van der Waals surface area contributed by atoms with Crippen molar-refractivity contribution in [3.8, 4) is 11.8 Å². The highest BCUT2D eigenvalue weighted by atomic mass is 16.1. The van der Waals surface area contributed by atoms with Crippen molar-refractivity contribution in [1.29, 1.82) is 5.26 Å². The van der Waals surface area contributed by atoms with E-state index in [1.165, 1.54) is 5.57 Å². The van der Waals surface area contributed by atoms with Crippen molar-refractivity contribution in [2.45, 2.75) is 32.4 Å². The number of nitrogens with zero attached hydrogens (tertiary/aromatic N) is 3. The van der Waals surface area contributed by atoms with Crippen LogP contribution in [0.1, 0.15) is 41.0 Å². The Kier molecular flexibility index (Phi) is 5.50.